The molecule has 24 heavy (non-hydrogen) atoms. The van der Waals surface area contributed by atoms with E-state index in [-0.39, 0.29) is 10.6 Å². The molecule has 0 unspecified atom stereocenters. The number of nitriles is 1. The van der Waals surface area contributed by atoms with E-state index in [1.807, 2.05) is 6.07 Å². The largest absolute Gasteiger partial charge is 0.352 e. The fourth-order valence-corrected chi connectivity index (χ4v) is 2.79. The quantitative estimate of drug-likeness (QED) is 0.622. The van der Waals surface area contributed by atoms with Gasteiger partial charge in [-0.05, 0) is 5.56 Å². The van der Waals surface area contributed by atoms with Crippen LogP contribution in [0.1, 0.15) is 11.3 Å². The Morgan fingerprint density at radius 3 is 2.67 bits per heavy atom. The fourth-order valence-electron chi connectivity index (χ4n) is 2.79. The molecule has 1 aliphatic heterocycles. The predicted octanol–water partition coefficient (Wildman–Crippen LogP) is 1.58. The van der Waals surface area contributed by atoms with Crippen molar-refractivity contribution in [3.63, 3.8) is 0 Å². The molecule has 2 heterocycles. The van der Waals surface area contributed by atoms with Crippen LogP contribution in [-0.2, 0) is 6.54 Å². The van der Waals surface area contributed by atoms with Gasteiger partial charge >= 0.3 is 0 Å². The lowest BCUT2D eigenvalue weighted by Gasteiger charge is -2.35. The first-order valence-electron chi connectivity index (χ1n) is 7.59. The fraction of sp³-hybridized carbons (Fsp3) is 0.312. The minimum absolute atomic E-state index is 0.115. The van der Waals surface area contributed by atoms with Crippen LogP contribution >= 0.6 is 0 Å². The topological polar surface area (TPSA) is 99.2 Å². The Morgan fingerprint density at radius 1 is 1.21 bits per heavy atom. The molecule has 1 aromatic heterocycles. The van der Waals surface area contributed by atoms with Gasteiger partial charge in [-0.3, -0.25) is 15.0 Å². The van der Waals surface area contributed by atoms with Crippen LogP contribution in [0.4, 0.5) is 11.5 Å². The lowest BCUT2D eigenvalue weighted by Crippen LogP contribution is -2.46. The summed E-state index contributed by atoms with van der Waals surface area (Å²) in [5, 5.41) is 20.0. The minimum Gasteiger partial charge on any atom is -0.352 e. The number of aromatic nitrogens is 2. The predicted molar refractivity (Wildman–Crippen MR) is 87.3 cm³/mol. The average Bonchev–Trinajstić information content (AvgIpc) is 2.62. The van der Waals surface area contributed by atoms with Crippen molar-refractivity contribution in [3.8, 4) is 6.07 Å². The summed E-state index contributed by atoms with van der Waals surface area (Å²) in [5.41, 5.74) is 1.38. The number of benzene rings is 1. The molecule has 0 spiro atoms. The highest BCUT2D eigenvalue weighted by Crippen LogP contribution is 2.19. The summed E-state index contributed by atoms with van der Waals surface area (Å²) in [6, 6.07) is 8.79. The van der Waals surface area contributed by atoms with Crippen molar-refractivity contribution in [2.75, 3.05) is 31.1 Å². The molecule has 0 saturated carbocycles. The summed E-state index contributed by atoms with van der Waals surface area (Å²) in [6.07, 6.45) is 3.10. The number of piperazine rings is 1. The van der Waals surface area contributed by atoms with Crippen LogP contribution < -0.4 is 4.90 Å². The van der Waals surface area contributed by atoms with E-state index in [9.17, 15) is 10.1 Å². The second kappa shape index (κ2) is 7.02. The highest BCUT2D eigenvalue weighted by molar-refractivity contribution is 5.49. The molecule has 122 valence electrons. The molecule has 3 rings (SSSR count). The van der Waals surface area contributed by atoms with Crippen LogP contribution in [0, 0.1) is 21.4 Å². The molecule has 0 atom stereocenters. The highest BCUT2D eigenvalue weighted by Gasteiger charge is 2.21. The average molecular weight is 324 g/mol. The molecule has 1 aliphatic rings. The number of rotatable bonds is 4. The normalized spacial score (nSPS) is 15.0. The van der Waals surface area contributed by atoms with Crippen LogP contribution in [-0.4, -0.2) is 46.0 Å². The summed E-state index contributed by atoms with van der Waals surface area (Å²) >= 11 is 0. The van der Waals surface area contributed by atoms with Crippen LogP contribution in [0.3, 0.4) is 0 Å². The Kier molecular flexibility index (Phi) is 4.63. The summed E-state index contributed by atoms with van der Waals surface area (Å²) in [6.45, 7) is 3.74. The molecule has 1 saturated heterocycles. The maximum Gasteiger partial charge on any atom is 0.269 e. The SMILES string of the molecule is N#Cc1nccnc1N1CCN(Cc2cccc([N+](=O)[O-])c2)CC1. The second-order valence-electron chi connectivity index (χ2n) is 5.53. The van der Waals surface area contributed by atoms with Gasteiger partial charge in [-0.2, -0.15) is 5.26 Å². The molecule has 1 fully saturated rings. The Bertz CT molecular complexity index is 780. The Hall–Kier alpha value is -3.05. The molecular formula is C16H16N6O2. The van der Waals surface area contributed by atoms with Gasteiger partial charge in [0.05, 0.1) is 4.92 Å². The highest BCUT2D eigenvalue weighted by atomic mass is 16.6. The third-order valence-electron chi connectivity index (χ3n) is 3.98. The molecule has 0 radical (unpaired) electrons. The van der Waals surface area contributed by atoms with Gasteiger partial charge in [-0.15, -0.1) is 0 Å². The van der Waals surface area contributed by atoms with E-state index in [0.29, 0.717) is 18.1 Å². The smallest absolute Gasteiger partial charge is 0.269 e. The molecule has 0 amide bonds. The van der Waals surface area contributed by atoms with E-state index in [2.05, 4.69) is 25.8 Å². The molecule has 0 bridgehead atoms. The van der Waals surface area contributed by atoms with Gasteiger partial charge in [0, 0.05) is 57.3 Å². The minimum atomic E-state index is -0.376. The van der Waals surface area contributed by atoms with Crippen LogP contribution in [0.2, 0.25) is 0 Å². The van der Waals surface area contributed by atoms with E-state index in [1.54, 1.807) is 18.3 Å². The van der Waals surface area contributed by atoms with Gasteiger partial charge in [0.2, 0.25) is 0 Å². The number of hydrogen-bond donors (Lipinski definition) is 0. The van der Waals surface area contributed by atoms with Gasteiger partial charge < -0.3 is 4.90 Å². The number of nitrogens with zero attached hydrogens (tertiary/aromatic N) is 6. The van der Waals surface area contributed by atoms with E-state index < -0.39 is 0 Å². The van der Waals surface area contributed by atoms with Gasteiger partial charge in [-0.1, -0.05) is 12.1 Å². The molecule has 8 heteroatoms. The lowest BCUT2D eigenvalue weighted by molar-refractivity contribution is -0.384. The zero-order valence-corrected chi connectivity index (χ0v) is 13.0. The van der Waals surface area contributed by atoms with Crippen LogP contribution in [0.5, 0.6) is 0 Å². The number of hydrogen-bond acceptors (Lipinski definition) is 7. The van der Waals surface area contributed by atoms with Gasteiger partial charge in [0.15, 0.2) is 11.5 Å². The molecular weight excluding hydrogens is 308 g/mol. The Labute approximate surface area is 139 Å². The van der Waals surface area contributed by atoms with Crippen LogP contribution in [0.25, 0.3) is 0 Å². The molecule has 0 aliphatic carbocycles. The number of non-ortho nitro benzene ring substituents is 1. The first-order chi connectivity index (χ1) is 11.7. The Balaban J connectivity index is 1.62. The third kappa shape index (κ3) is 3.47. The van der Waals surface area contributed by atoms with Crippen LogP contribution in [0.15, 0.2) is 36.7 Å². The third-order valence-corrected chi connectivity index (χ3v) is 3.98. The van der Waals surface area contributed by atoms with Crippen molar-refractivity contribution in [2.24, 2.45) is 0 Å². The summed E-state index contributed by atoms with van der Waals surface area (Å²) in [7, 11) is 0. The first kappa shape index (κ1) is 15.8. The van der Waals surface area contributed by atoms with E-state index in [1.165, 1.54) is 12.3 Å². The second-order valence-corrected chi connectivity index (χ2v) is 5.53. The maximum absolute atomic E-state index is 10.9. The first-order valence-corrected chi connectivity index (χ1v) is 7.59. The summed E-state index contributed by atoms with van der Waals surface area (Å²) < 4.78 is 0. The molecule has 0 N–H and O–H groups in total. The number of nitro groups is 1. The van der Waals surface area contributed by atoms with E-state index >= 15 is 0 Å². The van der Waals surface area contributed by atoms with Gasteiger partial charge in [0.1, 0.15) is 6.07 Å². The van der Waals surface area contributed by atoms with Crippen molar-refractivity contribution < 1.29 is 4.92 Å². The van der Waals surface area contributed by atoms with Crippen molar-refractivity contribution >= 4 is 11.5 Å². The molecule has 8 nitrogen and oxygen atoms in total. The van der Waals surface area contributed by atoms with E-state index in [0.717, 1.165) is 31.7 Å². The van der Waals surface area contributed by atoms with Crippen molar-refractivity contribution in [1.82, 2.24) is 14.9 Å². The van der Waals surface area contributed by atoms with Crippen molar-refractivity contribution in [3.05, 3.63) is 58.0 Å². The zero-order chi connectivity index (χ0) is 16.9. The number of nitro benzene ring substituents is 1. The number of anilines is 1. The van der Waals surface area contributed by atoms with E-state index in [4.69, 9.17) is 5.26 Å². The summed E-state index contributed by atoms with van der Waals surface area (Å²) in [5.74, 6) is 0.620. The zero-order valence-electron chi connectivity index (χ0n) is 13.0. The summed E-state index contributed by atoms with van der Waals surface area (Å²) in [4.78, 5) is 23.1. The monoisotopic (exact) mass is 324 g/mol. The Morgan fingerprint density at radius 2 is 1.96 bits per heavy atom. The van der Waals surface area contributed by atoms with Crippen molar-refractivity contribution in [1.29, 1.82) is 5.26 Å². The lowest BCUT2D eigenvalue weighted by atomic mass is 10.1. The van der Waals surface area contributed by atoms with Gasteiger partial charge in [0.25, 0.3) is 5.69 Å². The molecule has 2 aromatic rings. The molecule has 1 aromatic carbocycles. The standard InChI is InChI=1S/C16H16N6O2/c17-11-15-16(19-5-4-18-15)21-8-6-20(7-9-21)12-13-2-1-3-14(10-13)22(23)24/h1-5,10H,6-9,12H2. The maximum atomic E-state index is 10.9. The van der Waals surface area contributed by atoms with Gasteiger partial charge in [-0.25, -0.2) is 9.97 Å². The van der Waals surface area contributed by atoms with Crippen molar-refractivity contribution in [2.45, 2.75) is 6.54 Å².